The van der Waals surface area contributed by atoms with E-state index >= 15 is 0 Å². The third-order valence-electron chi connectivity index (χ3n) is 2.53. The topological polar surface area (TPSA) is 66.8 Å². The second-order valence-electron chi connectivity index (χ2n) is 4.58. The highest BCUT2D eigenvalue weighted by molar-refractivity contribution is 5.97. The van der Waals surface area contributed by atoms with Crippen LogP contribution in [0.5, 0.6) is 0 Å². The molecule has 1 N–H and O–H groups in total. The molecule has 1 aromatic carbocycles. The number of hydroxylamine groups is 2. The minimum atomic E-state index is -1.55. The van der Waals surface area contributed by atoms with Crippen LogP contribution in [0.2, 0.25) is 0 Å². The van der Waals surface area contributed by atoms with Crippen molar-refractivity contribution in [3.8, 4) is 0 Å². The molecule has 1 rings (SSSR count). The molecular weight excluding hydrogens is 234 g/mol. The summed E-state index contributed by atoms with van der Waals surface area (Å²) in [5, 5.41) is 10.2. The van der Waals surface area contributed by atoms with Crippen molar-refractivity contribution in [2.75, 3.05) is 7.05 Å². The van der Waals surface area contributed by atoms with Crippen LogP contribution in [0, 0.1) is 5.41 Å². The quantitative estimate of drug-likeness (QED) is 0.637. The maximum Gasteiger partial charge on any atom is 0.341 e. The van der Waals surface area contributed by atoms with Gasteiger partial charge < -0.3 is 9.94 Å². The van der Waals surface area contributed by atoms with E-state index in [0.29, 0.717) is 6.54 Å². The SMILES string of the molecule is CN(Cc1ccccc1)OC(=O)C(C)(C)C(=O)O. The highest BCUT2D eigenvalue weighted by Gasteiger charge is 2.38. The minimum absolute atomic E-state index is 0.405. The summed E-state index contributed by atoms with van der Waals surface area (Å²) in [6.45, 7) is 3.03. The van der Waals surface area contributed by atoms with E-state index in [1.54, 1.807) is 7.05 Å². The van der Waals surface area contributed by atoms with E-state index in [9.17, 15) is 9.59 Å². The minimum Gasteiger partial charge on any atom is -0.480 e. The monoisotopic (exact) mass is 251 g/mol. The summed E-state index contributed by atoms with van der Waals surface area (Å²) in [6, 6.07) is 9.45. The summed E-state index contributed by atoms with van der Waals surface area (Å²) >= 11 is 0. The highest BCUT2D eigenvalue weighted by Crippen LogP contribution is 2.18. The van der Waals surface area contributed by atoms with Crippen molar-refractivity contribution in [2.45, 2.75) is 20.4 Å². The lowest BCUT2D eigenvalue weighted by Crippen LogP contribution is -2.38. The van der Waals surface area contributed by atoms with E-state index in [2.05, 4.69) is 0 Å². The molecule has 0 bridgehead atoms. The Kier molecular flexibility index (Phi) is 4.44. The number of carbonyl (C=O) groups is 2. The average molecular weight is 251 g/mol. The second kappa shape index (κ2) is 5.64. The fourth-order valence-corrected chi connectivity index (χ4v) is 1.22. The molecule has 5 nitrogen and oxygen atoms in total. The van der Waals surface area contributed by atoms with Crippen molar-refractivity contribution >= 4 is 11.9 Å². The van der Waals surface area contributed by atoms with Gasteiger partial charge in [-0.2, -0.15) is 0 Å². The number of carbonyl (C=O) groups excluding carboxylic acids is 1. The van der Waals surface area contributed by atoms with Gasteiger partial charge in [-0.1, -0.05) is 30.3 Å². The molecule has 0 aliphatic heterocycles. The van der Waals surface area contributed by atoms with E-state index in [4.69, 9.17) is 9.94 Å². The number of hydrogen-bond acceptors (Lipinski definition) is 4. The van der Waals surface area contributed by atoms with E-state index in [0.717, 1.165) is 5.56 Å². The summed E-state index contributed by atoms with van der Waals surface area (Å²) in [5.41, 5.74) is -0.578. The normalized spacial score (nSPS) is 11.3. The predicted octanol–water partition coefficient (Wildman–Crippen LogP) is 1.69. The first-order valence-electron chi connectivity index (χ1n) is 5.55. The van der Waals surface area contributed by atoms with Gasteiger partial charge in [0.1, 0.15) is 0 Å². The molecule has 1 aromatic rings. The Balaban J connectivity index is 2.58. The van der Waals surface area contributed by atoms with E-state index < -0.39 is 17.4 Å². The molecule has 18 heavy (non-hydrogen) atoms. The Labute approximate surface area is 106 Å². The standard InChI is InChI=1S/C13H17NO4/c1-13(2,11(15)16)12(17)18-14(3)9-10-7-5-4-6-8-10/h4-8H,9H2,1-3H3,(H,15,16). The van der Waals surface area contributed by atoms with Crippen LogP contribution in [0.3, 0.4) is 0 Å². The van der Waals surface area contributed by atoms with Crippen molar-refractivity contribution in [3.63, 3.8) is 0 Å². The molecular formula is C13H17NO4. The van der Waals surface area contributed by atoms with Crippen LogP contribution in [0.4, 0.5) is 0 Å². The molecule has 0 unspecified atom stereocenters. The Bertz CT molecular complexity index is 428. The number of rotatable bonds is 5. The summed E-state index contributed by atoms with van der Waals surface area (Å²) in [7, 11) is 1.59. The van der Waals surface area contributed by atoms with Crippen LogP contribution >= 0.6 is 0 Å². The van der Waals surface area contributed by atoms with Crippen molar-refractivity contribution < 1.29 is 19.5 Å². The number of hydrogen-bond donors (Lipinski definition) is 1. The maximum absolute atomic E-state index is 11.7. The lowest BCUT2D eigenvalue weighted by Gasteiger charge is -2.22. The number of carboxylic acid groups (broad SMARTS) is 1. The third kappa shape index (κ3) is 3.56. The van der Waals surface area contributed by atoms with Crippen molar-refractivity contribution in [2.24, 2.45) is 5.41 Å². The molecule has 0 fully saturated rings. The predicted molar refractivity (Wildman–Crippen MR) is 65.4 cm³/mol. The number of nitrogens with zero attached hydrogens (tertiary/aromatic N) is 1. The van der Waals surface area contributed by atoms with Gasteiger partial charge in [0.2, 0.25) is 0 Å². The Hall–Kier alpha value is -1.88. The van der Waals surface area contributed by atoms with Crippen LogP contribution in [0.25, 0.3) is 0 Å². The van der Waals surface area contributed by atoms with Gasteiger partial charge in [-0.15, -0.1) is 5.06 Å². The summed E-state index contributed by atoms with van der Waals surface area (Å²) < 4.78 is 0. The fraction of sp³-hybridized carbons (Fsp3) is 0.385. The summed E-state index contributed by atoms with van der Waals surface area (Å²) in [5.74, 6) is -1.99. The molecule has 5 heteroatoms. The van der Waals surface area contributed by atoms with Gasteiger partial charge >= 0.3 is 11.9 Å². The largest absolute Gasteiger partial charge is 0.480 e. The molecule has 0 aliphatic rings. The Morgan fingerprint density at radius 1 is 1.28 bits per heavy atom. The van der Waals surface area contributed by atoms with Gasteiger partial charge in [-0.25, -0.2) is 4.79 Å². The Morgan fingerprint density at radius 2 is 1.83 bits per heavy atom. The van der Waals surface area contributed by atoms with Crippen molar-refractivity contribution in [1.82, 2.24) is 5.06 Å². The molecule has 0 heterocycles. The first-order chi connectivity index (χ1) is 8.34. The molecule has 0 saturated carbocycles. The van der Waals surface area contributed by atoms with Crippen LogP contribution in [-0.2, 0) is 21.0 Å². The molecule has 0 aromatic heterocycles. The Morgan fingerprint density at radius 3 is 2.33 bits per heavy atom. The van der Waals surface area contributed by atoms with Crippen LogP contribution in [0.1, 0.15) is 19.4 Å². The van der Waals surface area contributed by atoms with Gasteiger partial charge in [0.05, 0.1) is 6.54 Å². The van der Waals surface area contributed by atoms with Gasteiger partial charge in [0, 0.05) is 7.05 Å². The van der Waals surface area contributed by atoms with Crippen molar-refractivity contribution in [3.05, 3.63) is 35.9 Å². The van der Waals surface area contributed by atoms with Gasteiger partial charge in [0.25, 0.3) is 0 Å². The zero-order chi connectivity index (χ0) is 13.8. The highest BCUT2D eigenvalue weighted by atomic mass is 16.7. The van der Waals surface area contributed by atoms with Gasteiger partial charge in [0.15, 0.2) is 5.41 Å². The lowest BCUT2D eigenvalue weighted by molar-refractivity contribution is -0.200. The molecule has 0 aliphatic carbocycles. The van der Waals surface area contributed by atoms with Gasteiger partial charge in [-0.05, 0) is 19.4 Å². The van der Waals surface area contributed by atoms with E-state index in [-0.39, 0.29) is 0 Å². The summed E-state index contributed by atoms with van der Waals surface area (Å²) in [4.78, 5) is 27.5. The number of carboxylic acids is 1. The zero-order valence-electron chi connectivity index (χ0n) is 10.7. The van der Waals surface area contributed by atoms with Crippen LogP contribution in [0.15, 0.2) is 30.3 Å². The van der Waals surface area contributed by atoms with Crippen LogP contribution < -0.4 is 0 Å². The third-order valence-corrected chi connectivity index (χ3v) is 2.53. The molecule has 0 amide bonds. The lowest BCUT2D eigenvalue weighted by atomic mass is 9.94. The van der Waals surface area contributed by atoms with Gasteiger partial charge in [-0.3, -0.25) is 4.79 Å². The first kappa shape index (κ1) is 14.2. The van der Waals surface area contributed by atoms with Crippen LogP contribution in [-0.4, -0.2) is 29.2 Å². The van der Waals surface area contributed by atoms with E-state index in [1.807, 2.05) is 30.3 Å². The molecule has 0 spiro atoms. The molecule has 0 radical (unpaired) electrons. The molecule has 0 atom stereocenters. The number of benzene rings is 1. The zero-order valence-corrected chi connectivity index (χ0v) is 10.7. The fourth-order valence-electron chi connectivity index (χ4n) is 1.22. The summed E-state index contributed by atoms with van der Waals surface area (Å²) in [6.07, 6.45) is 0. The molecule has 0 saturated heterocycles. The van der Waals surface area contributed by atoms with Crippen molar-refractivity contribution in [1.29, 1.82) is 0 Å². The number of aliphatic carboxylic acids is 1. The average Bonchev–Trinajstić information content (AvgIpc) is 2.29. The smallest absolute Gasteiger partial charge is 0.341 e. The molecule has 98 valence electrons. The maximum atomic E-state index is 11.7. The second-order valence-corrected chi connectivity index (χ2v) is 4.58. The first-order valence-corrected chi connectivity index (χ1v) is 5.55. The van der Waals surface area contributed by atoms with E-state index in [1.165, 1.54) is 18.9 Å².